The summed E-state index contributed by atoms with van der Waals surface area (Å²) in [7, 11) is 1.83. The molecule has 1 aromatic rings. The van der Waals surface area contributed by atoms with Crippen molar-refractivity contribution in [2.24, 2.45) is 5.92 Å². The standard InChI is InChI=1S/C16H23NO3/c1-11-7-13(9-15(19)8-11)16(20)17(2)14-5-3-12(10-18)4-6-14/h7-9,12,14,18-19H,3-6,10H2,1-2H3. The SMILES string of the molecule is Cc1cc(O)cc(C(=O)N(C)C2CCC(CO)CC2)c1. The number of nitrogens with zero attached hydrogens (tertiary/aromatic N) is 1. The van der Waals surface area contributed by atoms with E-state index in [1.54, 1.807) is 17.0 Å². The van der Waals surface area contributed by atoms with Gasteiger partial charge < -0.3 is 15.1 Å². The van der Waals surface area contributed by atoms with Crippen LogP contribution >= 0.6 is 0 Å². The summed E-state index contributed by atoms with van der Waals surface area (Å²) in [6.07, 6.45) is 3.81. The summed E-state index contributed by atoms with van der Waals surface area (Å²) in [6, 6.07) is 5.19. The summed E-state index contributed by atoms with van der Waals surface area (Å²) in [5.74, 6) is 0.472. The number of carbonyl (C=O) groups excluding carboxylic acids is 1. The van der Waals surface area contributed by atoms with Gasteiger partial charge in [-0.2, -0.15) is 0 Å². The molecule has 110 valence electrons. The minimum atomic E-state index is -0.0450. The highest BCUT2D eigenvalue weighted by Gasteiger charge is 2.26. The minimum Gasteiger partial charge on any atom is -0.508 e. The van der Waals surface area contributed by atoms with Gasteiger partial charge in [0.15, 0.2) is 0 Å². The lowest BCUT2D eigenvalue weighted by Crippen LogP contribution is -2.39. The number of amides is 1. The summed E-state index contributed by atoms with van der Waals surface area (Å²) in [5, 5.41) is 18.8. The number of phenolic OH excluding ortho intramolecular Hbond substituents is 1. The molecular weight excluding hydrogens is 254 g/mol. The van der Waals surface area contributed by atoms with Crippen molar-refractivity contribution in [3.63, 3.8) is 0 Å². The van der Waals surface area contributed by atoms with Gasteiger partial charge in [-0.05, 0) is 62.3 Å². The number of rotatable bonds is 3. The molecule has 0 spiro atoms. The van der Waals surface area contributed by atoms with Crippen molar-refractivity contribution in [3.8, 4) is 5.75 Å². The quantitative estimate of drug-likeness (QED) is 0.891. The zero-order valence-corrected chi connectivity index (χ0v) is 12.2. The topological polar surface area (TPSA) is 60.8 Å². The first-order valence-corrected chi connectivity index (χ1v) is 7.20. The fourth-order valence-corrected chi connectivity index (χ4v) is 2.97. The van der Waals surface area contributed by atoms with Crippen molar-refractivity contribution < 1.29 is 15.0 Å². The molecule has 4 nitrogen and oxygen atoms in total. The molecule has 0 atom stereocenters. The number of hydrogen-bond donors (Lipinski definition) is 2. The Hall–Kier alpha value is -1.55. The van der Waals surface area contributed by atoms with Crippen molar-refractivity contribution >= 4 is 5.91 Å². The third-order valence-electron chi connectivity index (χ3n) is 4.25. The molecule has 0 radical (unpaired) electrons. The molecular formula is C16H23NO3. The molecule has 0 aliphatic heterocycles. The number of aliphatic hydroxyl groups excluding tert-OH is 1. The average Bonchev–Trinajstić information content (AvgIpc) is 2.45. The number of carbonyl (C=O) groups is 1. The zero-order chi connectivity index (χ0) is 14.7. The van der Waals surface area contributed by atoms with E-state index < -0.39 is 0 Å². The van der Waals surface area contributed by atoms with Crippen molar-refractivity contribution in [1.82, 2.24) is 4.90 Å². The first-order valence-electron chi connectivity index (χ1n) is 7.20. The van der Waals surface area contributed by atoms with Gasteiger partial charge in [0.25, 0.3) is 5.91 Å². The van der Waals surface area contributed by atoms with E-state index in [0.717, 1.165) is 31.2 Å². The molecule has 1 aliphatic rings. The second kappa shape index (κ2) is 6.27. The van der Waals surface area contributed by atoms with Crippen LogP contribution in [0.25, 0.3) is 0 Å². The minimum absolute atomic E-state index is 0.0450. The average molecular weight is 277 g/mol. The number of aryl methyl sites for hydroxylation is 1. The number of benzene rings is 1. The number of phenols is 1. The Labute approximate surface area is 120 Å². The maximum Gasteiger partial charge on any atom is 0.253 e. The van der Waals surface area contributed by atoms with Gasteiger partial charge in [0.2, 0.25) is 0 Å². The predicted octanol–water partition coefficient (Wildman–Crippen LogP) is 2.32. The summed E-state index contributed by atoms with van der Waals surface area (Å²) in [4.78, 5) is 14.2. The zero-order valence-electron chi connectivity index (χ0n) is 12.2. The lowest BCUT2D eigenvalue weighted by atomic mass is 9.86. The van der Waals surface area contributed by atoms with Crippen LogP contribution in [-0.4, -0.2) is 40.7 Å². The Morgan fingerprint density at radius 2 is 1.90 bits per heavy atom. The highest BCUT2D eigenvalue weighted by atomic mass is 16.3. The van der Waals surface area contributed by atoms with Gasteiger partial charge >= 0.3 is 0 Å². The van der Waals surface area contributed by atoms with E-state index in [9.17, 15) is 9.90 Å². The van der Waals surface area contributed by atoms with Gasteiger partial charge in [-0.1, -0.05) is 0 Å². The van der Waals surface area contributed by atoms with Gasteiger partial charge in [0.05, 0.1) is 0 Å². The van der Waals surface area contributed by atoms with Gasteiger partial charge in [0.1, 0.15) is 5.75 Å². The van der Waals surface area contributed by atoms with E-state index in [1.165, 1.54) is 6.07 Å². The molecule has 2 rings (SSSR count). The van der Waals surface area contributed by atoms with E-state index in [0.29, 0.717) is 11.5 Å². The molecule has 4 heteroatoms. The summed E-state index contributed by atoms with van der Waals surface area (Å²) in [6.45, 7) is 2.11. The van der Waals surface area contributed by atoms with Crippen LogP contribution in [0.15, 0.2) is 18.2 Å². The number of hydrogen-bond acceptors (Lipinski definition) is 3. The van der Waals surface area contributed by atoms with E-state index in [2.05, 4.69) is 0 Å². The van der Waals surface area contributed by atoms with Crippen LogP contribution < -0.4 is 0 Å². The van der Waals surface area contributed by atoms with Crippen molar-refractivity contribution in [2.45, 2.75) is 38.6 Å². The molecule has 1 amide bonds. The Balaban J connectivity index is 2.05. The summed E-state index contributed by atoms with van der Waals surface area (Å²) < 4.78 is 0. The lowest BCUT2D eigenvalue weighted by molar-refractivity contribution is 0.0652. The van der Waals surface area contributed by atoms with Gasteiger partial charge in [-0.3, -0.25) is 4.79 Å². The first kappa shape index (κ1) is 14.9. The normalized spacial score (nSPS) is 22.6. The highest BCUT2D eigenvalue weighted by Crippen LogP contribution is 2.28. The van der Waals surface area contributed by atoms with Crippen LogP contribution in [0.4, 0.5) is 0 Å². The molecule has 20 heavy (non-hydrogen) atoms. The number of aromatic hydroxyl groups is 1. The van der Waals surface area contributed by atoms with Gasteiger partial charge in [0, 0.05) is 25.3 Å². The van der Waals surface area contributed by atoms with Crippen LogP contribution in [0.3, 0.4) is 0 Å². The maximum atomic E-state index is 12.5. The van der Waals surface area contributed by atoms with Crippen molar-refractivity contribution in [2.75, 3.05) is 13.7 Å². The van der Waals surface area contributed by atoms with Crippen LogP contribution in [0.2, 0.25) is 0 Å². The highest BCUT2D eigenvalue weighted by molar-refractivity contribution is 5.94. The lowest BCUT2D eigenvalue weighted by Gasteiger charge is -2.34. The Morgan fingerprint density at radius 1 is 1.25 bits per heavy atom. The van der Waals surface area contributed by atoms with Gasteiger partial charge in [-0.15, -0.1) is 0 Å². The van der Waals surface area contributed by atoms with Crippen LogP contribution in [0, 0.1) is 12.8 Å². The van der Waals surface area contributed by atoms with Crippen LogP contribution in [0.5, 0.6) is 5.75 Å². The second-order valence-electron chi connectivity index (χ2n) is 5.83. The maximum absolute atomic E-state index is 12.5. The molecule has 1 saturated carbocycles. The molecule has 2 N–H and O–H groups in total. The fourth-order valence-electron chi connectivity index (χ4n) is 2.97. The molecule has 0 aromatic heterocycles. The van der Waals surface area contributed by atoms with E-state index in [1.807, 2.05) is 14.0 Å². The molecule has 1 aromatic carbocycles. The number of aliphatic hydroxyl groups is 1. The molecule has 0 heterocycles. The fraction of sp³-hybridized carbons (Fsp3) is 0.562. The van der Waals surface area contributed by atoms with Crippen LogP contribution in [-0.2, 0) is 0 Å². The first-order chi connectivity index (χ1) is 9.51. The van der Waals surface area contributed by atoms with Crippen molar-refractivity contribution in [3.05, 3.63) is 29.3 Å². The summed E-state index contributed by atoms with van der Waals surface area (Å²) >= 11 is 0. The Morgan fingerprint density at radius 3 is 2.45 bits per heavy atom. The Bertz CT molecular complexity index is 458. The summed E-state index contributed by atoms with van der Waals surface area (Å²) in [5.41, 5.74) is 1.42. The molecule has 1 fully saturated rings. The van der Waals surface area contributed by atoms with E-state index >= 15 is 0 Å². The van der Waals surface area contributed by atoms with Crippen molar-refractivity contribution in [1.29, 1.82) is 0 Å². The molecule has 1 aliphatic carbocycles. The third-order valence-corrected chi connectivity index (χ3v) is 4.25. The van der Waals surface area contributed by atoms with E-state index in [4.69, 9.17) is 5.11 Å². The Kier molecular flexibility index (Phi) is 4.65. The molecule has 0 unspecified atom stereocenters. The van der Waals surface area contributed by atoms with Crippen LogP contribution in [0.1, 0.15) is 41.6 Å². The third kappa shape index (κ3) is 3.31. The molecule has 0 saturated heterocycles. The smallest absolute Gasteiger partial charge is 0.253 e. The van der Waals surface area contributed by atoms with E-state index in [-0.39, 0.29) is 24.3 Å². The largest absolute Gasteiger partial charge is 0.508 e. The monoisotopic (exact) mass is 277 g/mol. The van der Waals surface area contributed by atoms with Gasteiger partial charge in [-0.25, -0.2) is 0 Å². The molecule has 0 bridgehead atoms. The second-order valence-corrected chi connectivity index (χ2v) is 5.83. The predicted molar refractivity (Wildman–Crippen MR) is 77.8 cm³/mol.